The molecule has 1 aromatic carbocycles. The molecule has 4 aliphatic carbocycles. The van der Waals surface area contributed by atoms with Gasteiger partial charge < -0.3 is 10.6 Å². The molecule has 4 heteroatoms. The summed E-state index contributed by atoms with van der Waals surface area (Å²) in [5.74, 6) is 2.15. The van der Waals surface area contributed by atoms with Gasteiger partial charge in [0.05, 0.1) is 0 Å². The minimum atomic E-state index is -0.513. The molecule has 1 atom stereocenters. The van der Waals surface area contributed by atoms with E-state index in [0.717, 1.165) is 48.3 Å². The molecular formula is C21H28N2O2. The van der Waals surface area contributed by atoms with Crippen molar-refractivity contribution in [2.75, 3.05) is 5.32 Å². The van der Waals surface area contributed by atoms with Gasteiger partial charge in [0.25, 0.3) is 0 Å². The number of carbonyl (C=O) groups excluding carboxylic acids is 2. The first kappa shape index (κ1) is 16.6. The molecule has 4 nitrogen and oxygen atoms in total. The Labute approximate surface area is 149 Å². The van der Waals surface area contributed by atoms with E-state index < -0.39 is 6.04 Å². The van der Waals surface area contributed by atoms with Gasteiger partial charge in [-0.05, 0) is 87.8 Å². The fraction of sp³-hybridized carbons (Fsp3) is 0.619. The standard InChI is InChI=1S/C21H28N2O2/c1-13-4-3-5-18(6-13)23-19(24)14(2)22-20(25)21-10-15-7-16(11-21)9-17(8-15)12-21/h3-6,14-17H,7-12H2,1-2H3,(H,22,25)(H,23,24)/t14-,15?,16?,17?,21?/m0/s1. The Hall–Kier alpha value is -1.84. The minimum absolute atomic E-state index is 0.110. The number of benzene rings is 1. The van der Waals surface area contributed by atoms with Gasteiger partial charge in [-0.3, -0.25) is 9.59 Å². The molecule has 0 spiro atoms. The van der Waals surface area contributed by atoms with Crippen LogP contribution in [-0.4, -0.2) is 17.9 Å². The van der Waals surface area contributed by atoms with Crippen LogP contribution in [0.25, 0.3) is 0 Å². The largest absolute Gasteiger partial charge is 0.344 e. The number of nitrogens with one attached hydrogen (secondary N) is 2. The average molecular weight is 340 g/mol. The van der Waals surface area contributed by atoms with Crippen LogP contribution in [0.15, 0.2) is 24.3 Å². The van der Waals surface area contributed by atoms with Gasteiger partial charge in [0, 0.05) is 11.1 Å². The SMILES string of the molecule is Cc1cccc(NC(=O)[C@H](C)NC(=O)C23CC4CC(CC(C4)C2)C3)c1. The first-order chi connectivity index (χ1) is 11.9. The highest BCUT2D eigenvalue weighted by molar-refractivity contribution is 5.97. The zero-order chi connectivity index (χ0) is 17.6. The van der Waals surface area contributed by atoms with Crippen LogP contribution in [0.5, 0.6) is 0 Å². The van der Waals surface area contributed by atoms with Gasteiger partial charge in [-0.2, -0.15) is 0 Å². The van der Waals surface area contributed by atoms with Crippen LogP contribution in [0.3, 0.4) is 0 Å². The second-order valence-corrected chi connectivity index (χ2v) is 8.75. The van der Waals surface area contributed by atoms with Crippen molar-refractivity contribution in [3.8, 4) is 0 Å². The van der Waals surface area contributed by atoms with E-state index in [1.165, 1.54) is 19.3 Å². The molecule has 0 aromatic heterocycles. The molecule has 4 aliphatic rings. The van der Waals surface area contributed by atoms with Crippen LogP contribution in [0.2, 0.25) is 0 Å². The van der Waals surface area contributed by atoms with Crippen LogP contribution in [-0.2, 0) is 9.59 Å². The maximum absolute atomic E-state index is 13.0. The van der Waals surface area contributed by atoms with Gasteiger partial charge in [-0.1, -0.05) is 12.1 Å². The molecular weight excluding hydrogens is 312 g/mol. The Kier molecular flexibility index (Phi) is 4.09. The van der Waals surface area contributed by atoms with Gasteiger partial charge >= 0.3 is 0 Å². The van der Waals surface area contributed by atoms with E-state index >= 15 is 0 Å². The predicted molar refractivity (Wildman–Crippen MR) is 98.0 cm³/mol. The molecule has 4 fully saturated rings. The van der Waals surface area contributed by atoms with Crippen LogP contribution in [0.4, 0.5) is 5.69 Å². The van der Waals surface area contributed by atoms with Crippen molar-refractivity contribution in [3.05, 3.63) is 29.8 Å². The average Bonchev–Trinajstić information content (AvgIpc) is 2.53. The lowest BCUT2D eigenvalue weighted by Gasteiger charge is -2.55. The second-order valence-electron chi connectivity index (χ2n) is 8.75. The molecule has 2 N–H and O–H groups in total. The molecule has 134 valence electrons. The normalized spacial score (nSPS) is 33.8. The summed E-state index contributed by atoms with van der Waals surface area (Å²) in [5, 5.41) is 5.93. The quantitative estimate of drug-likeness (QED) is 0.879. The predicted octanol–water partition coefficient (Wildman–Crippen LogP) is 3.65. The molecule has 1 aromatic rings. The summed E-state index contributed by atoms with van der Waals surface area (Å²) in [5.41, 5.74) is 1.68. The maximum atomic E-state index is 13.0. The smallest absolute Gasteiger partial charge is 0.246 e. The van der Waals surface area contributed by atoms with Crippen LogP contribution in [0, 0.1) is 30.1 Å². The van der Waals surface area contributed by atoms with Crippen molar-refractivity contribution in [2.45, 2.75) is 58.4 Å². The van der Waals surface area contributed by atoms with E-state index in [-0.39, 0.29) is 17.2 Å². The summed E-state index contributed by atoms with van der Waals surface area (Å²) >= 11 is 0. The summed E-state index contributed by atoms with van der Waals surface area (Å²) in [4.78, 5) is 25.5. The Morgan fingerprint density at radius 2 is 1.68 bits per heavy atom. The Balaban J connectivity index is 1.39. The van der Waals surface area contributed by atoms with Crippen molar-refractivity contribution in [2.24, 2.45) is 23.2 Å². The topological polar surface area (TPSA) is 58.2 Å². The molecule has 0 heterocycles. The number of hydrogen-bond acceptors (Lipinski definition) is 2. The van der Waals surface area contributed by atoms with Crippen molar-refractivity contribution >= 4 is 17.5 Å². The third-order valence-electron chi connectivity index (χ3n) is 6.55. The van der Waals surface area contributed by atoms with Gasteiger partial charge in [0.2, 0.25) is 11.8 Å². The second kappa shape index (κ2) is 6.15. The Morgan fingerprint density at radius 3 is 2.24 bits per heavy atom. The van der Waals surface area contributed by atoms with Gasteiger partial charge in [-0.25, -0.2) is 0 Å². The lowest BCUT2D eigenvalue weighted by molar-refractivity contribution is -0.147. The van der Waals surface area contributed by atoms with E-state index in [2.05, 4.69) is 10.6 Å². The Bertz CT molecular complexity index is 662. The molecule has 0 aliphatic heterocycles. The lowest BCUT2D eigenvalue weighted by Crippen LogP contribution is -2.56. The molecule has 0 unspecified atom stereocenters. The molecule has 0 radical (unpaired) electrons. The molecule has 4 saturated carbocycles. The third-order valence-corrected chi connectivity index (χ3v) is 6.55. The number of anilines is 1. The highest BCUT2D eigenvalue weighted by atomic mass is 16.2. The Morgan fingerprint density at radius 1 is 1.08 bits per heavy atom. The molecule has 2 amide bonds. The lowest BCUT2D eigenvalue weighted by atomic mass is 9.49. The van der Waals surface area contributed by atoms with Crippen molar-refractivity contribution in [3.63, 3.8) is 0 Å². The summed E-state index contributed by atoms with van der Waals surface area (Å²) in [6, 6.07) is 7.21. The van der Waals surface area contributed by atoms with Gasteiger partial charge in [0.1, 0.15) is 6.04 Å². The van der Waals surface area contributed by atoms with Crippen LogP contribution < -0.4 is 10.6 Å². The first-order valence-corrected chi connectivity index (χ1v) is 9.62. The zero-order valence-corrected chi connectivity index (χ0v) is 15.2. The fourth-order valence-corrected chi connectivity index (χ4v) is 5.78. The van der Waals surface area contributed by atoms with E-state index in [0.29, 0.717) is 0 Å². The third kappa shape index (κ3) is 3.19. The number of rotatable bonds is 4. The van der Waals surface area contributed by atoms with E-state index in [1.807, 2.05) is 31.2 Å². The van der Waals surface area contributed by atoms with Gasteiger partial charge in [-0.15, -0.1) is 0 Å². The van der Waals surface area contributed by atoms with Crippen molar-refractivity contribution in [1.82, 2.24) is 5.32 Å². The summed E-state index contributed by atoms with van der Waals surface area (Å²) in [6.07, 6.45) is 7.02. The number of amides is 2. The molecule has 25 heavy (non-hydrogen) atoms. The van der Waals surface area contributed by atoms with E-state index in [4.69, 9.17) is 0 Å². The number of hydrogen-bond donors (Lipinski definition) is 2. The van der Waals surface area contributed by atoms with Crippen LogP contribution >= 0.6 is 0 Å². The molecule has 5 rings (SSSR count). The van der Waals surface area contributed by atoms with Gasteiger partial charge in [0.15, 0.2) is 0 Å². The maximum Gasteiger partial charge on any atom is 0.246 e. The summed E-state index contributed by atoms with van der Waals surface area (Å²) in [7, 11) is 0. The van der Waals surface area contributed by atoms with E-state index in [9.17, 15) is 9.59 Å². The van der Waals surface area contributed by atoms with Crippen molar-refractivity contribution in [1.29, 1.82) is 0 Å². The molecule has 0 saturated heterocycles. The van der Waals surface area contributed by atoms with Crippen LogP contribution in [0.1, 0.15) is 51.0 Å². The summed E-state index contributed by atoms with van der Waals surface area (Å²) < 4.78 is 0. The molecule has 4 bridgehead atoms. The number of carbonyl (C=O) groups is 2. The highest BCUT2D eigenvalue weighted by Crippen LogP contribution is 2.60. The monoisotopic (exact) mass is 340 g/mol. The number of aryl methyl sites for hydroxylation is 1. The zero-order valence-electron chi connectivity index (χ0n) is 15.2. The van der Waals surface area contributed by atoms with Crippen molar-refractivity contribution < 1.29 is 9.59 Å². The first-order valence-electron chi connectivity index (χ1n) is 9.62. The van der Waals surface area contributed by atoms with E-state index in [1.54, 1.807) is 6.92 Å². The highest BCUT2D eigenvalue weighted by Gasteiger charge is 2.54. The fourth-order valence-electron chi connectivity index (χ4n) is 5.78. The minimum Gasteiger partial charge on any atom is -0.344 e. The summed E-state index contributed by atoms with van der Waals surface area (Å²) in [6.45, 7) is 3.78.